The lowest BCUT2D eigenvalue weighted by molar-refractivity contribution is -0.140. The number of hydrogen-bond acceptors (Lipinski definition) is 2. The summed E-state index contributed by atoms with van der Waals surface area (Å²) in [6, 6.07) is 0. The quantitative estimate of drug-likeness (QED) is 0.544. The monoisotopic (exact) mass is 238 g/mol. The van der Waals surface area contributed by atoms with Crippen LogP contribution in [0.2, 0.25) is 0 Å². The molecule has 1 unspecified atom stereocenters. The van der Waals surface area contributed by atoms with E-state index < -0.39 is 0 Å². The van der Waals surface area contributed by atoms with E-state index in [1.807, 2.05) is 0 Å². The molecule has 0 aromatic rings. The van der Waals surface area contributed by atoms with Gasteiger partial charge < -0.3 is 4.74 Å². The van der Waals surface area contributed by atoms with Gasteiger partial charge >= 0.3 is 5.97 Å². The van der Waals surface area contributed by atoms with Crippen LogP contribution in [0.25, 0.3) is 0 Å². The van der Waals surface area contributed by atoms with Gasteiger partial charge in [-0.25, -0.2) is 4.79 Å². The summed E-state index contributed by atoms with van der Waals surface area (Å²) >= 11 is 0. The molecule has 0 aliphatic heterocycles. The third kappa shape index (κ3) is 3.34. The van der Waals surface area contributed by atoms with Gasteiger partial charge in [-0.05, 0) is 37.0 Å². The van der Waals surface area contributed by atoms with Crippen LogP contribution >= 0.6 is 0 Å². The lowest BCUT2D eigenvalue weighted by Gasteiger charge is -2.48. The van der Waals surface area contributed by atoms with Gasteiger partial charge in [-0.2, -0.15) is 0 Å². The molecule has 0 bridgehead atoms. The van der Waals surface area contributed by atoms with Gasteiger partial charge in [-0.1, -0.05) is 40.2 Å². The first-order valence-corrected chi connectivity index (χ1v) is 6.61. The second-order valence-corrected chi connectivity index (χ2v) is 6.32. The first kappa shape index (κ1) is 14.3. The zero-order chi connectivity index (χ0) is 13.1. The van der Waals surface area contributed by atoms with E-state index in [2.05, 4.69) is 27.4 Å². The summed E-state index contributed by atoms with van der Waals surface area (Å²) in [5, 5.41) is 0. The third-order valence-electron chi connectivity index (χ3n) is 4.65. The van der Waals surface area contributed by atoms with Crippen molar-refractivity contribution < 1.29 is 9.53 Å². The van der Waals surface area contributed by atoms with Crippen LogP contribution < -0.4 is 0 Å². The fourth-order valence-electron chi connectivity index (χ4n) is 2.68. The molecule has 0 aromatic heterocycles. The molecule has 0 saturated heterocycles. The van der Waals surface area contributed by atoms with Crippen molar-refractivity contribution in [2.24, 2.45) is 10.8 Å². The largest absolute Gasteiger partial charge is 0.462 e. The maximum absolute atomic E-state index is 11.3. The average Bonchev–Trinajstić information content (AvgIpc) is 2.22. The molecule has 2 heteroatoms. The van der Waals surface area contributed by atoms with Gasteiger partial charge in [0.25, 0.3) is 0 Å². The molecule has 1 saturated carbocycles. The van der Waals surface area contributed by atoms with Gasteiger partial charge in [0.2, 0.25) is 0 Å². The van der Waals surface area contributed by atoms with Gasteiger partial charge in [0.05, 0.1) is 6.61 Å². The molecule has 0 spiro atoms. The Morgan fingerprint density at radius 2 is 1.82 bits per heavy atom. The van der Waals surface area contributed by atoms with E-state index in [-0.39, 0.29) is 5.97 Å². The van der Waals surface area contributed by atoms with Crippen molar-refractivity contribution in [2.45, 2.75) is 59.8 Å². The van der Waals surface area contributed by atoms with Crippen molar-refractivity contribution in [3.05, 3.63) is 12.2 Å². The molecule has 2 nitrogen and oxygen atoms in total. The fraction of sp³-hybridized carbons (Fsp3) is 0.800. The zero-order valence-corrected chi connectivity index (χ0v) is 11.8. The number of hydrogen-bond donors (Lipinski definition) is 0. The highest BCUT2D eigenvalue weighted by atomic mass is 16.5. The molecule has 1 rings (SSSR count). The molecule has 0 N–H and O–H groups in total. The molecule has 1 fully saturated rings. The zero-order valence-electron chi connectivity index (χ0n) is 11.8. The summed E-state index contributed by atoms with van der Waals surface area (Å²) < 4.78 is 5.23. The van der Waals surface area contributed by atoms with Gasteiger partial charge in [0.1, 0.15) is 0 Å². The molecule has 1 aliphatic rings. The predicted octanol–water partition coefficient (Wildman–Crippen LogP) is 4.10. The fourth-order valence-corrected chi connectivity index (χ4v) is 2.68. The number of esters is 1. The van der Waals surface area contributed by atoms with Crippen LogP contribution in [0.1, 0.15) is 59.8 Å². The molecular weight excluding hydrogens is 212 g/mol. The Kier molecular flexibility index (Phi) is 4.40. The minimum atomic E-state index is -0.262. The van der Waals surface area contributed by atoms with E-state index in [1.165, 1.54) is 25.7 Å². The first-order valence-electron chi connectivity index (χ1n) is 6.61. The van der Waals surface area contributed by atoms with Crippen LogP contribution in [0.3, 0.4) is 0 Å². The van der Waals surface area contributed by atoms with E-state index in [1.54, 1.807) is 6.92 Å². The average molecular weight is 238 g/mol. The molecule has 98 valence electrons. The summed E-state index contributed by atoms with van der Waals surface area (Å²) in [6.45, 7) is 12.8. The molecule has 0 amide bonds. The van der Waals surface area contributed by atoms with E-state index in [0.717, 1.165) is 6.42 Å². The Bertz CT molecular complexity index is 304. The lowest BCUT2D eigenvalue weighted by atomic mass is 9.57. The summed E-state index contributed by atoms with van der Waals surface area (Å²) in [6.07, 6.45) is 6.10. The van der Waals surface area contributed by atoms with Crippen LogP contribution in [0, 0.1) is 10.8 Å². The summed E-state index contributed by atoms with van der Waals surface area (Å²) in [4.78, 5) is 11.3. The topological polar surface area (TPSA) is 26.3 Å². The van der Waals surface area contributed by atoms with Gasteiger partial charge in [-0.3, -0.25) is 0 Å². The van der Waals surface area contributed by atoms with Crippen molar-refractivity contribution >= 4 is 5.97 Å². The Balaban J connectivity index is 2.49. The standard InChI is InChI=1S/C15H26O2/c1-12(2)13(16)17-11-10-15(5)9-7-6-8-14(15,3)4/h1,6-11H2,2-5H3. The van der Waals surface area contributed by atoms with E-state index in [4.69, 9.17) is 4.74 Å². The van der Waals surface area contributed by atoms with Crippen molar-refractivity contribution in [1.82, 2.24) is 0 Å². The van der Waals surface area contributed by atoms with Crippen LogP contribution in [0.5, 0.6) is 0 Å². The Morgan fingerprint density at radius 3 is 2.35 bits per heavy atom. The van der Waals surface area contributed by atoms with E-state index >= 15 is 0 Å². The number of carbonyl (C=O) groups excluding carboxylic acids is 1. The molecule has 1 aliphatic carbocycles. The maximum atomic E-state index is 11.3. The molecule has 0 aromatic carbocycles. The highest BCUT2D eigenvalue weighted by Gasteiger charge is 2.42. The Hall–Kier alpha value is -0.790. The SMILES string of the molecule is C=C(C)C(=O)OCCC1(C)CCCCC1(C)C. The maximum Gasteiger partial charge on any atom is 0.333 e. The van der Waals surface area contributed by atoms with Crippen LogP contribution in [-0.4, -0.2) is 12.6 Å². The summed E-state index contributed by atoms with van der Waals surface area (Å²) in [7, 11) is 0. The van der Waals surface area contributed by atoms with Crippen LogP contribution in [0.4, 0.5) is 0 Å². The van der Waals surface area contributed by atoms with Gasteiger partial charge in [0.15, 0.2) is 0 Å². The smallest absolute Gasteiger partial charge is 0.333 e. The molecule has 1 atom stereocenters. The molecule has 0 radical (unpaired) electrons. The summed E-state index contributed by atoms with van der Waals surface area (Å²) in [5.41, 5.74) is 1.12. The van der Waals surface area contributed by atoms with Crippen LogP contribution in [0.15, 0.2) is 12.2 Å². The highest BCUT2D eigenvalue weighted by molar-refractivity contribution is 5.86. The lowest BCUT2D eigenvalue weighted by Crippen LogP contribution is -2.39. The first-order chi connectivity index (χ1) is 7.78. The molecular formula is C15H26O2. The third-order valence-corrected chi connectivity index (χ3v) is 4.65. The minimum absolute atomic E-state index is 0.262. The van der Waals surface area contributed by atoms with Gasteiger partial charge in [0, 0.05) is 5.57 Å². The highest BCUT2D eigenvalue weighted by Crippen LogP contribution is 2.52. The number of rotatable bonds is 4. The second-order valence-electron chi connectivity index (χ2n) is 6.32. The second kappa shape index (κ2) is 5.24. The normalized spacial score (nSPS) is 27.5. The molecule has 0 heterocycles. The van der Waals surface area contributed by atoms with Gasteiger partial charge in [-0.15, -0.1) is 0 Å². The summed E-state index contributed by atoms with van der Waals surface area (Å²) in [5.74, 6) is -0.262. The Morgan fingerprint density at radius 1 is 1.24 bits per heavy atom. The van der Waals surface area contributed by atoms with Crippen molar-refractivity contribution in [2.75, 3.05) is 6.61 Å². The Labute approximate surface area is 105 Å². The van der Waals surface area contributed by atoms with E-state index in [0.29, 0.717) is 23.0 Å². The number of ether oxygens (including phenoxy) is 1. The van der Waals surface area contributed by atoms with Crippen LogP contribution in [-0.2, 0) is 9.53 Å². The van der Waals surface area contributed by atoms with Crippen molar-refractivity contribution in [3.63, 3.8) is 0 Å². The molecule has 17 heavy (non-hydrogen) atoms. The van der Waals surface area contributed by atoms with Crippen molar-refractivity contribution in [1.29, 1.82) is 0 Å². The minimum Gasteiger partial charge on any atom is -0.462 e. The van der Waals surface area contributed by atoms with Crippen molar-refractivity contribution in [3.8, 4) is 0 Å². The van der Waals surface area contributed by atoms with E-state index in [9.17, 15) is 4.79 Å². The predicted molar refractivity (Wildman–Crippen MR) is 70.7 cm³/mol. The number of carbonyl (C=O) groups is 1.